The summed E-state index contributed by atoms with van der Waals surface area (Å²) in [5.74, 6) is -0.250. The van der Waals surface area contributed by atoms with Crippen LogP contribution < -0.4 is 11.1 Å². The number of hydrogen-bond acceptors (Lipinski definition) is 2. The minimum absolute atomic E-state index is 0.250. The number of rotatable bonds is 4. The lowest BCUT2D eigenvalue weighted by molar-refractivity contribution is 0.625. The zero-order valence-electron chi connectivity index (χ0n) is 9.79. The van der Waals surface area contributed by atoms with Crippen LogP contribution in [0, 0.1) is 5.82 Å². The second-order valence-electron chi connectivity index (χ2n) is 3.97. The Hall–Kier alpha value is -1.58. The third-order valence-electron chi connectivity index (χ3n) is 2.60. The standard InChI is InChI=1S/C14H14ClFN2/c15-11-1-4-13(5-2-11)18-14-6-3-12(16)9-10(14)7-8-17/h1-6,9,18H,7-8,17H2. The van der Waals surface area contributed by atoms with Gasteiger partial charge >= 0.3 is 0 Å². The minimum Gasteiger partial charge on any atom is -0.355 e. The highest BCUT2D eigenvalue weighted by atomic mass is 35.5. The zero-order chi connectivity index (χ0) is 13.0. The van der Waals surface area contributed by atoms with E-state index in [4.69, 9.17) is 17.3 Å². The summed E-state index contributed by atoms with van der Waals surface area (Å²) in [6, 6.07) is 12.0. The van der Waals surface area contributed by atoms with Crippen molar-refractivity contribution in [2.24, 2.45) is 5.73 Å². The molecular weight excluding hydrogens is 251 g/mol. The molecule has 0 saturated carbocycles. The van der Waals surface area contributed by atoms with Gasteiger partial charge < -0.3 is 11.1 Å². The van der Waals surface area contributed by atoms with E-state index in [1.54, 1.807) is 18.2 Å². The summed E-state index contributed by atoms with van der Waals surface area (Å²) in [6.07, 6.45) is 0.633. The van der Waals surface area contributed by atoms with E-state index in [9.17, 15) is 4.39 Å². The Kier molecular flexibility index (Phi) is 4.18. The number of nitrogens with one attached hydrogen (secondary N) is 1. The van der Waals surface area contributed by atoms with Gasteiger partial charge in [-0.1, -0.05) is 11.6 Å². The summed E-state index contributed by atoms with van der Waals surface area (Å²) in [5, 5.41) is 3.91. The van der Waals surface area contributed by atoms with Crippen molar-refractivity contribution < 1.29 is 4.39 Å². The first-order valence-electron chi connectivity index (χ1n) is 5.70. The van der Waals surface area contributed by atoms with Gasteiger partial charge in [-0.05, 0) is 61.0 Å². The molecule has 0 saturated heterocycles. The van der Waals surface area contributed by atoms with Crippen LogP contribution in [0.4, 0.5) is 15.8 Å². The summed E-state index contributed by atoms with van der Waals surface area (Å²) < 4.78 is 13.2. The van der Waals surface area contributed by atoms with Crippen molar-refractivity contribution >= 4 is 23.0 Å². The smallest absolute Gasteiger partial charge is 0.123 e. The van der Waals surface area contributed by atoms with Gasteiger partial charge in [0.25, 0.3) is 0 Å². The molecule has 0 aliphatic rings. The van der Waals surface area contributed by atoms with E-state index in [2.05, 4.69) is 5.32 Å². The van der Waals surface area contributed by atoms with Gasteiger partial charge in [0.2, 0.25) is 0 Å². The molecule has 0 aromatic heterocycles. The first kappa shape index (κ1) is 12.9. The lowest BCUT2D eigenvalue weighted by Gasteiger charge is -2.12. The monoisotopic (exact) mass is 264 g/mol. The van der Waals surface area contributed by atoms with Crippen LogP contribution in [0.2, 0.25) is 5.02 Å². The Balaban J connectivity index is 2.25. The number of nitrogens with two attached hydrogens (primary N) is 1. The van der Waals surface area contributed by atoms with Crippen molar-refractivity contribution in [2.45, 2.75) is 6.42 Å². The lowest BCUT2D eigenvalue weighted by atomic mass is 10.1. The Labute approximate surface area is 111 Å². The fourth-order valence-corrected chi connectivity index (χ4v) is 1.86. The van der Waals surface area contributed by atoms with Crippen LogP contribution in [-0.4, -0.2) is 6.54 Å². The maximum atomic E-state index is 13.2. The van der Waals surface area contributed by atoms with Crippen LogP contribution in [0.3, 0.4) is 0 Å². The van der Waals surface area contributed by atoms with E-state index >= 15 is 0 Å². The molecule has 3 N–H and O–H groups in total. The SMILES string of the molecule is NCCc1cc(F)ccc1Nc1ccc(Cl)cc1. The van der Waals surface area contributed by atoms with E-state index in [0.717, 1.165) is 16.9 Å². The molecule has 0 radical (unpaired) electrons. The molecule has 0 unspecified atom stereocenters. The van der Waals surface area contributed by atoms with Crippen molar-refractivity contribution in [3.63, 3.8) is 0 Å². The summed E-state index contributed by atoms with van der Waals surface area (Å²) in [5.41, 5.74) is 8.16. The van der Waals surface area contributed by atoms with Crippen molar-refractivity contribution in [2.75, 3.05) is 11.9 Å². The second kappa shape index (κ2) is 5.85. The fourth-order valence-electron chi connectivity index (χ4n) is 1.74. The Morgan fingerprint density at radius 3 is 2.50 bits per heavy atom. The van der Waals surface area contributed by atoms with Gasteiger partial charge in [0.1, 0.15) is 5.82 Å². The van der Waals surface area contributed by atoms with E-state index in [1.807, 2.05) is 12.1 Å². The molecule has 2 rings (SSSR count). The van der Waals surface area contributed by atoms with Crippen LogP contribution in [0.15, 0.2) is 42.5 Å². The summed E-state index contributed by atoms with van der Waals surface area (Å²) in [4.78, 5) is 0. The second-order valence-corrected chi connectivity index (χ2v) is 4.41. The van der Waals surface area contributed by atoms with E-state index in [-0.39, 0.29) is 5.82 Å². The normalized spacial score (nSPS) is 10.4. The molecule has 2 aromatic rings. The molecule has 0 fully saturated rings. The topological polar surface area (TPSA) is 38.0 Å². The average molecular weight is 265 g/mol. The van der Waals surface area contributed by atoms with Crippen LogP contribution in [0.25, 0.3) is 0 Å². The summed E-state index contributed by atoms with van der Waals surface area (Å²) >= 11 is 5.82. The molecule has 2 nitrogen and oxygen atoms in total. The average Bonchev–Trinajstić information content (AvgIpc) is 2.36. The van der Waals surface area contributed by atoms with Gasteiger partial charge in [-0.2, -0.15) is 0 Å². The van der Waals surface area contributed by atoms with Crippen molar-refractivity contribution in [1.82, 2.24) is 0 Å². The molecule has 0 bridgehead atoms. The largest absolute Gasteiger partial charge is 0.355 e. The van der Waals surface area contributed by atoms with Gasteiger partial charge in [-0.15, -0.1) is 0 Å². The molecule has 18 heavy (non-hydrogen) atoms. The highest BCUT2D eigenvalue weighted by Crippen LogP contribution is 2.23. The highest BCUT2D eigenvalue weighted by Gasteiger charge is 2.04. The van der Waals surface area contributed by atoms with E-state index in [0.29, 0.717) is 18.0 Å². The van der Waals surface area contributed by atoms with Crippen molar-refractivity contribution in [3.05, 3.63) is 58.9 Å². The van der Waals surface area contributed by atoms with Gasteiger partial charge in [0, 0.05) is 16.4 Å². The lowest BCUT2D eigenvalue weighted by Crippen LogP contribution is -2.05. The molecule has 2 aromatic carbocycles. The fraction of sp³-hybridized carbons (Fsp3) is 0.143. The highest BCUT2D eigenvalue weighted by molar-refractivity contribution is 6.30. The van der Waals surface area contributed by atoms with Gasteiger partial charge in [0.15, 0.2) is 0 Å². The maximum Gasteiger partial charge on any atom is 0.123 e. The number of hydrogen-bond donors (Lipinski definition) is 2. The Morgan fingerprint density at radius 1 is 1.11 bits per heavy atom. The van der Waals surface area contributed by atoms with E-state index < -0.39 is 0 Å². The summed E-state index contributed by atoms with van der Waals surface area (Å²) in [6.45, 7) is 0.485. The molecule has 94 valence electrons. The number of halogens is 2. The molecule has 0 atom stereocenters. The molecular formula is C14H14ClFN2. The number of benzene rings is 2. The van der Waals surface area contributed by atoms with Crippen LogP contribution in [-0.2, 0) is 6.42 Å². The quantitative estimate of drug-likeness (QED) is 0.883. The summed E-state index contributed by atoms with van der Waals surface area (Å²) in [7, 11) is 0. The first-order chi connectivity index (χ1) is 8.69. The Morgan fingerprint density at radius 2 is 1.83 bits per heavy atom. The van der Waals surface area contributed by atoms with Crippen molar-refractivity contribution in [1.29, 1.82) is 0 Å². The Bertz CT molecular complexity index is 526. The first-order valence-corrected chi connectivity index (χ1v) is 6.08. The molecule has 0 spiro atoms. The molecule has 0 aliphatic carbocycles. The number of anilines is 2. The van der Waals surface area contributed by atoms with Gasteiger partial charge in [-0.3, -0.25) is 0 Å². The van der Waals surface area contributed by atoms with Crippen LogP contribution in [0.1, 0.15) is 5.56 Å². The van der Waals surface area contributed by atoms with Gasteiger partial charge in [0.05, 0.1) is 0 Å². The predicted molar refractivity (Wildman–Crippen MR) is 73.9 cm³/mol. The minimum atomic E-state index is -0.250. The predicted octanol–water partition coefficient (Wildman–Crippen LogP) is 3.72. The molecule has 4 heteroatoms. The molecule has 0 amide bonds. The van der Waals surface area contributed by atoms with E-state index in [1.165, 1.54) is 12.1 Å². The van der Waals surface area contributed by atoms with Crippen LogP contribution in [0.5, 0.6) is 0 Å². The third kappa shape index (κ3) is 3.22. The van der Waals surface area contributed by atoms with Gasteiger partial charge in [-0.25, -0.2) is 4.39 Å². The molecule has 0 aliphatic heterocycles. The third-order valence-corrected chi connectivity index (χ3v) is 2.86. The van der Waals surface area contributed by atoms with Crippen LogP contribution >= 0.6 is 11.6 Å². The maximum absolute atomic E-state index is 13.2. The zero-order valence-corrected chi connectivity index (χ0v) is 10.5. The van der Waals surface area contributed by atoms with Crippen molar-refractivity contribution in [3.8, 4) is 0 Å². The molecule has 0 heterocycles.